The van der Waals surface area contributed by atoms with Gasteiger partial charge < -0.3 is 9.84 Å². The molecule has 0 spiro atoms. The number of fused-ring (bicyclic) bond motifs is 1. The first-order chi connectivity index (χ1) is 10.3. The fourth-order valence-electron chi connectivity index (χ4n) is 2.70. The third-order valence-corrected chi connectivity index (χ3v) is 3.82. The van der Waals surface area contributed by atoms with Gasteiger partial charge in [-0.1, -0.05) is 61.5 Å². The quantitative estimate of drug-likeness (QED) is 0.866. The summed E-state index contributed by atoms with van der Waals surface area (Å²) in [6.07, 6.45) is 6.09. The summed E-state index contributed by atoms with van der Waals surface area (Å²) >= 11 is 0. The summed E-state index contributed by atoms with van der Waals surface area (Å²) in [5, 5.41) is 11.9. The Hall–Kier alpha value is -1.90. The molecule has 1 aliphatic rings. The highest BCUT2D eigenvalue weighted by molar-refractivity contribution is 5.84. The normalized spacial score (nSPS) is 22.7. The van der Waals surface area contributed by atoms with Crippen LogP contribution in [0.1, 0.15) is 12.5 Å². The van der Waals surface area contributed by atoms with Gasteiger partial charge in [0.25, 0.3) is 0 Å². The number of aliphatic hydroxyl groups excluding tert-OH is 1. The summed E-state index contributed by atoms with van der Waals surface area (Å²) < 4.78 is 5.79. The lowest BCUT2D eigenvalue weighted by Crippen LogP contribution is -2.24. The average Bonchev–Trinajstić information content (AvgIpc) is 2.53. The fourth-order valence-corrected chi connectivity index (χ4v) is 2.70. The van der Waals surface area contributed by atoms with E-state index in [9.17, 15) is 5.11 Å². The van der Waals surface area contributed by atoms with Crippen molar-refractivity contribution in [3.8, 4) is 0 Å². The molecule has 2 heteroatoms. The van der Waals surface area contributed by atoms with Crippen molar-refractivity contribution >= 4 is 16.8 Å². The van der Waals surface area contributed by atoms with Crippen molar-refractivity contribution in [2.75, 3.05) is 13.2 Å². The first-order valence-electron chi connectivity index (χ1n) is 7.36. The van der Waals surface area contributed by atoms with Crippen LogP contribution < -0.4 is 0 Å². The molecule has 1 N–H and O–H groups in total. The Bertz CT molecular complexity index is 685. The number of hydrogen-bond acceptors (Lipinski definition) is 2. The van der Waals surface area contributed by atoms with Crippen LogP contribution in [-0.4, -0.2) is 24.4 Å². The summed E-state index contributed by atoms with van der Waals surface area (Å²) in [5.74, 6) is 0.373. The number of hydrogen-bond donors (Lipinski definition) is 1. The van der Waals surface area contributed by atoms with Crippen molar-refractivity contribution in [3.63, 3.8) is 0 Å². The lowest BCUT2D eigenvalue weighted by molar-refractivity contribution is 0.0707. The average molecular weight is 280 g/mol. The standard InChI is InChI=1S/C19H20O2/c1-14-10-18(12-20)19(21-13-14)9-7-15-6-8-16-4-2-3-5-17(16)11-15/h2-11,14,19-20H,12-13H2,1H3/b9-7+/t14-,19+/m1/s1. The van der Waals surface area contributed by atoms with E-state index >= 15 is 0 Å². The van der Waals surface area contributed by atoms with Crippen molar-refractivity contribution < 1.29 is 9.84 Å². The molecular weight excluding hydrogens is 260 g/mol. The van der Waals surface area contributed by atoms with Crippen LogP contribution in [0.15, 0.2) is 60.2 Å². The minimum Gasteiger partial charge on any atom is -0.392 e. The second-order valence-corrected chi connectivity index (χ2v) is 5.60. The minimum absolute atomic E-state index is 0.0526. The molecule has 108 valence electrons. The molecule has 0 saturated carbocycles. The molecule has 3 rings (SSSR count). The lowest BCUT2D eigenvalue weighted by Gasteiger charge is -2.24. The van der Waals surface area contributed by atoms with Gasteiger partial charge in [0, 0.05) is 0 Å². The smallest absolute Gasteiger partial charge is 0.0992 e. The SMILES string of the molecule is C[C@@H]1C=C(CO)[C@H](/C=C/c2ccc3ccccc3c2)OC1. The summed E-state index contributed by atoms with van der Waals surface area (Å²) in [4.78, 5) is 0. The molecular formula is C19H20O2. The van der Waals surface area contributed by atoms with E-state index in [1.165, 1.54) is 10.8 Å². The van der Waals surface area contributed by atoms with Crippen molar-refractivity contribution in [3.05, 3.63) is 65.8 Å². The molecule has 2 aromatic rings. The van der Waals surface area contributed by atoms with Gasteiger partial charge in [-0.05, 0) is 33.9 Å². The number of rotatable bonds is 3. The maximum absolute atomic E-state index is 9.44. The van der Waals surface area contributed by atoms with E-state index in [1.807, 2.05) is 18.2 Å². The molecule has 0 amide bonds. The number of benzene rings is 2. The molecule has 0 bridgehead atoms. The molecule has 1 heterocycles. The van der Waals surface area contributed by atoms with Crippen molar-refractivity contribution in [2.24, 2.45) is 5.92 Å². The van der Waals surface area contributed by atoms with E-state index in [4.69, 9.17) is 4.74 Å². The maximum Gasteiger partial charge on any atom is 0.0992 e. The van der Waals surface area contributed by atoms with Crippen molar-refractivity contribution in [1.29, 1.82) is 0 Å². The Morgan fingerprint density at radius 3 is 2.81 bits per heavy atom. The van der Waals surface area contributed by atoms with E-state index in [2.05, 4.69) is 49.4 Å². The van der Waals surface area contributed by atoms with Crippen molar-refractivity contribution in [1.82, 2.24) is 0 Å². The van der Waals surface area contributed by atoms with Gasteiger partial charge in [0.15, 0.2) is 0 Å². The monoisotopic (exact) mass is 280 g/mol. The lowest BCUT2D eigenvalue weighted by atomic mass is 9.99. The van der Waals surface area contributed by atoms with Gasteiger partial charge in [0.1, 0.15) is 0 Å². The maximum atomic E-state index is 9.44. The molecule has 1 aliphatic heterocycles. The molecule has 21 heavy (non-hydrogen) atoms. The van der Waals surface area contributed by atoms with Crippen LogP contribution in [0.2, 0.25) is 0 Å². The van der Waals surface area contributed by atoms with Crippen LogP contribution >= 0.6 is 0 Å². The Balaban J connectivity index is 1.82. The molecule has 2 atom stereocenters. The van der Waals surface area contributed by atoms with Gasteiger partial charge in [-0.3, -0.25) is 0 Å². The van der Waals surface area contributed by atoms with E-state index < -0.39 is 0 Å². The molecule has 0 saturated heterocycles. The van der Waals surface area contributed by atoms with E-state index in [0.29, 0.717) is 12.5 Å². The van der Waals surface area contributed by atoms with Crippen LogP contribution in [-0.2, 0) is 4.74 Å². The highest BCUT2D eigenvalue weighted by Gasteiger charge is 2.18. The molecule has 0 aromatic heterocycles. The molecule has 0 unspecified atom stereocenters. The van der Waals surface area contributed by atoms with E-state index in [1.54, 1.807) is 0 Å². The Morgan fingerprint density at radius 1 is 1.19 bits per heavy atom. The first-order valence-corrected chi connectivity index (χ1v) is 7.36. The molecule has 2 nitrogen and oxygen atoms in total. The largest absolute Gasteiger partial charge is 0.392 e. The Labute approximate surface area is 125 Å². The van der Waals surface area contributed by atoms with Gasteiger partial charge in [0.05, 0.1) is 19.3 Å². The van der Waals surface area contributed by atoms with Crippen LogP contribution in [0, 0.1) is 5.92 Å². The van der Waals surface area contributed by atoms with E-state index in [-0.39, 0.29) is 12.7 Å². The predicted molar refractivity (Wildman–Crippen MR) is 87.1 cm³/mol. The molecule has 0 radical (unpaired) electrons. The van der Waals surface area contributed by atoms with Crippen molar-refractivity contribution in [2.45, 2.75) is 13.0 Å². The second-order valence-electron chi connectivity index (χ2n) is 5.60. The topological polar surface area (TPSA) is 29.5 Å². The Kier molecular flexibility index (Phi) is 4.18. The van der Waals surface area contributed by atoms with Gasteiger partial charge >= 0.3 is 0 Å². The van der Waals surface area contributed by atoms with Gasteiger partial charge in [-0.2, -0.15) is 0 Å². The summed E-state index contributed by atoms with van der Waals surface area (Å²) in [5.41, 5.74) is 2.10. The summed E-state index contributed by atoms with van der Waals surface area (Å²) in [7, 11) is 0. The molecule has 2 aromatic carbocycles. The van der Waals surface area contributed by atoms with Gasteiger partial charge in [0.2, 0.25) is 0 Å². The Morgan fingerprint density at radius 2 is 2.00 bits per heavy atom. The van der Waals surface area contributed by atoms with Crippen LogP contribution in [0.25, 0.3) is 16.8 Å². The second kappa shape index (κ2) is 6.25. The number of aliphatic hydroxyl groups is 1. The zero-order chi connectivity index (χ0) is 14.7. The zero-order valence-electron chi connectivity index (χ0n) is 12.2. The summed E-state index contributed by atoms with van der Waals surface area (Å²) in [6, 6.07) is 14.7. The third kappa shape index (κ3) is 3.23. The highest BCUT2D eigenvalue weighted by atomic mass is 16.5. The fraction of sp³-hybridized carbons (Fsp3) is 0.263. The van der Waals surface area contributed by atoms with Gasteiger partial charge in [-0.15, -0.1) is 0 Å². The zero-order valence-corrected chi connectivity index (χ0v) is 12.2. The van der Waals surface area contributed by atoms with Crippen LogP contribution in [0.3, 0.4) is 0 Å². The molecule has 0 fully saturated rings. The predicted octanol–water partition coefficient (Wildman–Crippen LogP) is 3.81. The first kappa shape index (κ1) is 14.1. The third-order valence-electron chi connectivity index (χ3n) is 3.82. The highest BCUT2D eigenvalue weighted by Crippen LogP contribution is 2.21. The van der Waals surface area contributed by atoms with E-state index in [0.717, 1.165) is 11.1 Å². The van der Waals surface area contributed by atoms with Gasteiger partial charge in [-0.25, -0.2) is 0 Å². The molecule has 0 aliphatic carbocycles. The minimum atomic E-state index is -0.113. The number of ether oxygens (including phenoxy) is 1. The van der Waals surface area contributed by atoms with Crippen LogP contribution in [0.5, 0.6) is 0 Å². The summed E-state index contributed by atoms with van der Waals surface area (Å²) in [6.45, 7) is 2.85. The van der Waals surface area contributed by atoms with Crippen LogP contribution in [0.4, 0.5) is 0 Å².